The predicted molar refractivity (Wildman–Crippen MR) is 88.1 cm³/mol. The van der Waals surface area contributed by atoms with Crippen molar-refractivity contribution in [1.29, 1.82) is 0 Å². The number of ether oxygens (including phenoxy) is 1. The van der Waals surface area contributed by atoms with Crippen molar-refractivity contribution in [3.8, 4) is 11.3 Å². The van der Waals surface area contributed by atoms with Gasteiger partial charge < -0.3 is 4.74 Å². The Kier molecular flexibility index (Phi) is 7.02. The largest absolute Gasteiger partial charge is 0.465 e. The van der Waals surface area contributed by atoms with Gasteiger partial charge in [-0.3, -0.25) is 0 Å². The smallest absolute Gasteiger partial charge is 0.337 e. The van der Waals surface area contributed by atoms with Gasteiger partial charge >= 0.3 is 5.97 Å². The summed E-state index contributed by atoms with van der Waals surface area (Å²) in [5, 5.41) is 4.39. The molecule has 0 aliphatic rings. The predicted octanol–water partition coefficient (Wildman–Crippen LogP) is 4.15. The zero-order chi connectivity index (χ0) is 14.3. The van der Waals surface area contributed by atoms with Crippen molar-refractivity contribution in [3.63, 3.8) is 0 Å². The van der Waals surface area contributed by atoms with Crippen molar-refractivity contribution in [2.75, 3.05) is 7.11 Å². The molecule has 0 bridgehead atoms. The maximum absolute atomic E-state index is 11.4. The van der Waals surface area contributed by atoms with Gasteiger partial charge in [-0.2, -0.15) is 5.10 Å². The molecule has 1 atom stereocenters. The van der Waals surface area contributed by atoms with Gasteiger partial charge in [0.2, 0.25) is 0 Å². The van der Waals surface area contributed by atoms with Gasteiger partial charge in [-0.25, -0.2) is 9.25 Å². The lowest BCUT2D eigenvalue weighted by Crippen LogP contribution is -2.00. The van der Waals surface area contributed by atoms with Crippen LogP contribution in [-0.2, 0) is 4.74 Å². The van der Waals surface area contributed by atoms with E-state index in [4.69, 9.17) is 0 Å². The Hall–Kier alpha value is -0.940. The Labute approximate surface area is 127 Å². The number of carbonyl (C=O) groups is 1. The third kappa shape index (κ3) is 4.28. The topological polar surface area (TPSA) is 44.1 Å². The van der Waals surface area contributed by atoms with Crippen LogP contribution < -0.4 is 0 Å². The molecule has 1 aromatic heterocycles. The van der Waals surface area contributed by atoms with E-state index in [0.717, 1.165) is 11.3 Å². The lowest BCUT2D eigenvalue weighted by atomic mass is 10.1. The van der Waals surface area contributed by atoms with E-state index in [9.17, 15) is 4.79 Å². The number of rotatable bonds is 3. The molecule has 6 heteroatoms. The third-order valence-corrected chi connectivity index (χ3v) is 4.16. The van der Waals surface area contributed by atoms with Crippen LogP contribution in [0.5, 0.6) is 0 Å². The van der Waals surface area contributed by atoms with E-state index in [1.165, 1.54) is 7.11 Å². The number of hydrogen-bond acceptors (Lipinski definition) is 3. The van der Waals surface area contributed by atoms with E-state index >= 15 is 0 Å². The molecule has 19 heavy (non-hydrogen) atoms. The van der Waals surface area contributed by atoms with Crippen LogP contribution in [0.25, 0.3) is 11.3 Å². The first-order valence-electron chi connectivity index (χ1n) is 5.85. The number of nitrogens with zero attached hydrogens (tertiary/aromatic N) is 2. The van der Waals surface area contributed by atoms with E-state index in [2.05, 4.69) is 31.9 Å². The maximum Gasteiger partial charge on any atom is 0.337 e. The highest BCUT2D eigenvalue weighted by Crippen LogP contribution is 2.26. The second kappa shape index (κ2) is 8.27. The van der Waals surface area contributed by atoms with Gasteiger partial charge in [0.15, 0.2) is 0 Å². The fourth-order valence-electron chi connectivity index (χ4n) is 1.45. The van der Waals surface area contributed by atoms with Gasteiger partial charge in [0.25, 0.3) is 0 Å². The summed E-state index contributed by atoms with van der Waals surface area (Å²) >= 11 is 2.26. The van der Waals surface area contributed by atoms with Crippen molar-refractivity contribution >= 4 is 34.4 Å². The first-order chi connectivity index (χ1) is 9.24. The molecule has 0 aliphatic heterocycles. The van der Waals surface area contributed by atoms with Gasteiger partial charge in [0.05, 0.1) is 24.7 Å². The van der Waals surface area contributed by atoms with E-state index in [1.807, 2.05) is 42.7 Å². The molecule has 0 radical (unpaired) electrons. The van der Waals surface area contributed by atoms with E-state index in [0.29, 0.717) is 11.9 Å². The molecule has 1 aromatic carbocycles. The number of hydrogen-bond donors (Lipinski definition) is 0. The Bertz CT molecular complexity index is 543. The lowest BCUT2D eigenvalue weighted by molar-refractivity contribution is 0.0601. The maximum atomic E-state index is 11.4. The number of esters is 1. The fraction of sp³-hybridized carbons (Fsp3) is 0.231. The molecule has 0 saturated carbocycles. The molecule has 0 fully saturated rings. The molecule has 1 unspecified atom stereocenters. The number of halogens is 1. The minimum absolute atomic E-state index is 0.331. The van der Waals surface area contributed by atoms with E-state index in [1.54, 1.807) is 12.1 Å². The molecular formula is C13H16IN2O2P. The standard InChI is InChI=1S/C11H10IN2O2P.C2H6/c1-16-11(15)9-4-2-3-8(7-9)10-5-6-14(13-10)17-12;1-2/h2-7,17H,1H3;1-2H3. The van der Waals surface area contributed by atoms with Crippen molar-refractivity contribution < 1.29 is 9.53 Å². The number of benzene rings is 1. The summed E-state index contributed by atoms with van der Waals surface area (Å²) in [7, 11) is 1.38. The van der Waals surface area contributed by atoms with Crippen LogP contribution in [0.2, 0.25) is 0 Å². The number of aromatic nitrogens is 2. The summed E-state index contributed by atoms with van der Waals surface area (Å²) in [5.41, 5.74) is 2.32. The molecule has 0 saturated heterocycles. The van der Waals surface area contributed by atoms with Gasteiger partial charge in [-0.15, -0.1) is 0 Å². The van der Waals surface area contributed by atoms with Crippen LogP contribution in [0, 0.1) is 0 Å². The van der Waals surface area contributed by atoms with Crippen LogP contribution in [-0.4, -0.2) is 22.6 Å². The third-order valence-electron chi connectivity index (χ3n) is 2.26. The Balaban J connectivity index is 0.000000861. The van der Waals surface area contributed by atoms with Crippen LogP contribution in [0.4, 0.5) is 0 Å². The van der Waals surface area contributed by atoms with Crippen LogP contribution in [0.15, 0.2) is 36.5 Å². The minimum atomic E-state index is -0.331. The highest BCUT2D eigenvalue weighted by Gasteiger charge is 2.08. The monoisotopic (exact) mass is 390 g/mol. The van der Waals surface area contributed by atoms with E-state index in [-0.39, 0.29) is 5.97 Å². The molecule has 0 N–H and O–H groups in total. The molecular weight excluding hydrogens is 374 g/mol. The van der Waals surface area contributed by atoms with Crippen molar-refractivity contribution in [2.45, 2.75) is 13.8 Å². The second-order valence-electron chi connectivity index (χ2n) is 3.30. The molecule has 102 valence electrons. The molecule has 1 heterocycles. The molecule has 0 aliphatic carbocycles. The lowest BCUT2D eigenvalue weighted by Gasteiger charge is -2.01. The van der Waals surface area contributed by atoms with E-state index < -0.39 is 0 Å². The first kappa shape index (κ1) is 16.1. The number of methoxy groups -OCH3 is 1. The summed E-state index contributed by atoms with van der Waals surface area (Å²) in [4.78, 5) is 11.4. The summed E-state index contributed by atoms with van der Waals surface area (Å²) in [6.45, 7) is 4.00. The molecule has 0 spiro atoms. The average molecular weight is 390 g/mol. The number of carbonyl (C=O) groups excluding carboxylic acids is 1. The summed E-state index contributed by atoms with van der Waals surface area (Å²) in [6, 6.07) is 9.20. The quantitative estimate of drug-likeness (QED) is 0.449. The van der Waals surface area contributed by atoms with Crippen molar-refractivity contribution in [3.05, 3.63) is 42.1 Å². The first-order valence-corrected chi connectivity index (χ1v) is 9.92. The minimum Gasteiger partial charge on any atom is -0.465 e. The Morgan fingerprint density at radius 3 is 2.68 bits per heavy atom. The van der Waals surface area contributed by atoms with Gasteiger partial charge in [0, 0.05) is 11.8 Å². The van der Waals surface area contributed by atoms with Gasteiger partial charge in [-0.05, 0) is 40.2 Å². The summed E-state index contributed by atoms with van der Waals surface area (Å²) < 4.78 is 6.55. The second-order valence-corrected chi connectivity index (χ2v) is 5.38. The van der Waals surface area contributed by atoms with Gasteiger partial charge in [0.1, 0.15) is 0 Å². The molecule has 2 aromatic rings. The highest BCUT2D eigenvalue weighted by molar-refractivity contribution is 14.2. The fourth-order valence-corrected chi connectivity index (χ4v) is 2.53. The molecule has 2 rings (SSSR count). The van der Waals surface area contributed by atoms with Crippen LogP contribution >= 0.6 is 28.4 Å². The van der Waals surface area contributed by atoms with Crippen molar-refractivity contribution in [2.24, 2.45) is 0 Å². The SMILES string of the molecule is CC.COC(=O)c1cccc(-c2ccn(PI)n2)c1. The average Bonchev–Trinajstić information content (AvgIpc) is 2.97. The summed E-state index contributed by atoms with van der Waals surface area (Å²) in [5.74, 6) is -0.331. The highest BCUT2D eigenvalue weighted by atomic mass is 127. The van der Waals surface area contributed by atoms with Crippen molar-refractivity contribution in [1.82, 2.24) is 9.55 Å². The van der Waals surface area contributed by atoms with Crippen LogP contribution in [0.3, 0.4) is 0 Å². The normalized spacial score (nSPS) is 10.1. The van der Waals surface area contributed by atoms with Crippen LogP contribution in [0.1, 0.15) is 24.2 Å². The summed E-state index contributed by atoms with van der Waals surface area (Å²) in [6.07, 6.45) is 2.49. The Morgan fingerprint density at radius 1 is 1.37 bits per heavy atom. The molecule has 0 amide bonds. The van der Waals surface area contributed by atoms with Gasteiger partial charge in [-0.1, -0.05) is 26.0 Å². The zero-order valence-electron chi connectivity index (χ0n) is 11.1. The zero-order valence-corrected chi connectivity index (χ0v) is 14.2. The Morgan fingerprint density at radius 2 is 2.11 bits per heavy atom. The molecule has 4 nitrogen and oxygen atoms in total.